The summed E-state index contributed by atoms with van der Waals surface area (Å²) in [6, 6.07) is 82.9. The lowest BCUT2D eigenvalue weighted by Crippen LogP contribution is -2.62. The van der Waals surface area contributed by atoms with Crippen LogP contribution in [0, 0.1) is 0 Å². The van der Waals surface area contributed by atoms with Crippen molar-refractivity contribution in [2.45, 2.75) is 115 Å². The van der Waals surface area contributed by atoms with Gasteiger partial charge in [0, 0.05) is 0 Å². The molecule has 4 heterocycles. The van der Waals surface area contributed by atoms with Gasteiger partial charge in [-0.1, -0.05) is 273 Å². The lowest BCUT2D eigenvalue weighted by Gasteiger charge is -2.47. The number of hydrogen-bond acceptors (Lipinski definition) is 21. The van der Waals surface area contributed by atoms with E-state index in [0.29, 0.717) is 50.1 Å². The largest absolute Gasteiger partial charge is 0.475 e. The molecule has 2 aliphatic rings. The quantitative estimate of drug-likeness (QED) is 0.0327. The SMILES string of the molecule is O=P(OCc1ccccc1)(OCc1ccccc1)O[C@@H]1[C@@H](OCc2ccccc2)[C@@H](O[C@H]2[C@@H](OP(=O)(OCc3ccccc3)OCc3ccccc3)[C@H](n3cnc4cncnc43)O[C@@H]2COCc2ccccc2)O[C@H](COCc2ccccc2)[C@H]1OP(=O)(OCc1ccccc1)OCc1ccccc1. The number of nitrogens with zero attached hydrogens (tertiary/aromatic N) is 4. The molecular weight excluding hydrogens is 1390 g/mol. The van der Waals surface area contributed by atoms with Crippen LogP contribution in [0.25, 0.3) is 11.2 Å². The van der Waals surface area contributed by atoms with E-state index in [0.717, 1.165) is 11.1 Å². The Balaban J connectivity index is 0.972. The summed E-state index contributed by atoms with van der Waals surface area (Å²) in [7, 11) is -14.8. The van der Waals surface area contributed by atoms with Crippen molar-refractivity contribution in [3.05, 3.63) is 342 Å². The monoisotopic (exact) mass is 1460 g/mol. The van der Waals surface area contributed by atoms with Gasteiger partial charge >= 0.3 is 23.5 Å². The highest BCUT2D eigenvalue weighted by molar-refractivity contribution is 7.49. The average Bonchev–Trinajstić information content (AvgIpc) is 1.65. The molecule has 0 aliphatic carbocycles. The molecule has 2 aromatic heterocycles. The molecule has 2 aliphatic heterocycles. The van der Waals surface area contributed by atoms with Crippen molar-refractivity contribution in [1.82, 2.24) is 19.5 Å². The Bertz CT molecular complexity index is 4360. The highest BCUT2D eigenvalue weighted by Gasteiger charge is 2.59. The van der Waals surface area contributed by atoms with Gasteiger partial charge in [0.25, 0.3) is 0 Å². The van der Waals surface area contributed by atoms with Crippen molar-refractivity contribution in [2.24, 2.45) is 0 Å². The van der Waals surface area contributed by atoms with Crippen molar-refractivity contribution < 1.29 is 82.8 Å². The zero-order valence-electron chi connectivity index (χ0n) is 56.7. The number of imidazole rings is 1. The van der Waals surface area contributed by atoms with Crippen LogP contribution < -0.4 is 0 Å². The molecule has 2 fully saturated rings. The molecule has 25 heteroatoms. The minimum absolute atomic E-state index is 0.0303. The van der Waals surface area contributed by atoms with Gasteiger partial charge in [0.15, 0.2) is 18.2 Å². The van der Waals surface area contributed by atoms with E-state index in [1.54, 1.807) is 59.3 Å². The Morgan fingerprint density at radius 2 is 0.654 bits per heavy atom. The highest BCUT2D eigenvalue weighted by atomic mass is 31.2. The molecule has 0 saturated carbocycles. The Hall–Kier alpha value is -8.38. The van der Waals surface area contributed by atoms with E-state index in [9.17, 15) is 0 Å². The van der Waals surface area contributed by atoms with Crippen LogP contribution in [-0.4, -0.2) is 81.8 Å². The maximum Gasteiger partial charge on any atom is 0.475 e. The number of phosphoric acid groups is 3. The van der Waals surface area contributed by atoms with Gasteiger partial charge in [-0.3, -0.25) is 45.3 Å². The molecule has 22 nitrogen and oxygen atoms in total. The first kappa shape index (κ1) is 73.9. The molecule has 2 saturated heterocycles. The molecule has 9 atom stereocenters. The zero-order chi connectivity index (χ0) is 71.1. The Morgan fingerprint density at radius 3 is 1.02 bits per heavy atom. The van der Waals surface area contributed by atoms with Gasteiger partial charge in [-0.25, -0.2) is 28.6 Å². The van der Waals surface area contributed by atoms with Gasteiger partial charge < -0.3 is 28.4 Å². The smallest absolute Gasteiger partial charge is 0.374 e. The lowest BCUT2D eigenvalue weighted by molar-refractivity contribution is -0.325. The summed E-state index contributed by atoms with van der Waals surface area (Å²) in [5.74, 6) is 0. The molecule has 9 aromatic carbocycles. The average molecular weight is 1470 g/mol. The van der Waals surface area contributed by atoms with Crippen molar-refractivity contribution in [3.63, 3.8) is 0 Å². The van der Waals surface area contributed by atoms with E-state index in [4.69, 9.17) is 69.1 Å². The highest BCUT2D eigenvalue weighted by Crippen LogP contribution is 2.60. The number of aromatic nitrogens is 4. The third-order valence-corrected chi connectivity index (χ3v) is 21.1. The van der Waals surface area contributed by atoms with Gasteiger partial charge in [0.1, 0.15) is 54.6 Å². The number of benzene rings is 9. The fourth-order valence-corrected chi connectivity index (χ4v) is 15.7. The number of rotatable bonds is 38. The lowest BCUT2D eigenvalue weighted by atomic mass is 9.98. The van der Waals surface area contributed by atoms with Gasteiger partial charge in [-0.05, 0) is 50.1 Å². The van der Waals surface area contributed by atoms with E-state index in [1.807, 2.05) is 224 Å². The van der Waals surface area contributed by atoms with Crippen LogP contribution >= 0.6 is 23.5 Å². The second-order valence-corrected chi connectivity index (χ2v) is 29.3. The Labute approximate surface area is 603 Å². The second-order valence-electron chi connectivity index (χ2n) is 24.5. The Morgan fingerprint density at radius 1 is 0.337 bits per heavy atom. The van der Waals surface area contributed by atoms with Crippen LogP contribution in [0.4, 0.5) is 0 Å². The molecule has 538 valence electrons. The Kier molecular flexibility index (Phi) is 26.3. The van der Waals surface area contributed by atoms with Crippen LogP contribution in [0.5, 0.6) is 0 Å². The number of hydrogen-bond donors (Lipinski definition) is 0. The number of ether oxygens (including phenoxy) is 6. The number of phosphoric ester groups is 3. The minimum Gasteiger partial charge on any atom is -0.374 e. The summed E-state index contributed by atoms with van der Waals surface area (Å²) in [5, 5.41) is 0. The molecule has 0 spiro atoms. The standard InChI is InChI=1S/C79H79N4O18P3/c84-102(90-50-63-34-16-4-17-35-63,91-51-64-36-18-5-19-37-64)99-73-71(57-88-48-61-30-12-2-13-31-61)97-79(76(89-49-62-32-14-3-15-33-62)74(73)100-103(85,92-52-65-38-20-6-21-39-65)93-53-66-40-22-7-23-41-66)98-72-70(56-87-47-60-28-10-1-11-29-60)96-78(83-59-82-69-46-80-58-81-77(69)83)75(72)101-104(86,94-54-67-42-24-8-25-43-67)95-55-68-44-26-9-27-45-68/h1-46,58-59,70-76,78-79H,47-57H2/t70-,71-,72-,73-,74+,75-,76-,78-,79-/m1/s1. The third-order valence-electron chi connectivity index (χ3n) is 16.9. The first-order valence-corrected chi connectivity index (χ1v) is 38.4. The van der Waals surface area contributed by atoms with Crippen molar-refractivity contribution in [3.8, 4) is 0 Å². The predicted molar refractivity (Wildman–Crippen MR) is 385 cm³/mol. The fourth-order valence-electron chi connectivity index (χ4n) is 11.6. The predicted octanol–water partition coefficient (Wildman–Crippen LogP) is 16.6. The summed E-state index contributed by atoms with van der Waals surface area (Å²) >= 11 is 0. The first-order valence-electron chi connectivity index (χ1n) is 34.0. The molecule has 0 N–H and O–H groups in total. The molecule has 0 unspecified atom stereocenters. The van der Waals surface area contributed by atoms with E-state index in [-0.39, 0.29) is 72.7 Å². The van der Waals surface area contributed by atoms with Crippen molar-refractivity contribution >= 4 is 34.6 Å². The molecule has 11 aromatic rings. The van der Waals surface area contributed by atoms with Crippen molar-refractivity contribution in [2.75, 3.05) is 13.2 Å². The normalized spacial score (nSPS) is 20.0. The van der Waals surface area contributed by atoms with Gasteiger partial charge in [-0.15, -0.1) is 0 Å². The number of fused-ring (bicyclic) bond motifs is 1. The summed E-state index contributed by atoms with van der Waals surface area (Å²) in [6.07, 6.45) is -9.50. The van der Waals surface area contributed by atoms with Crippen LogP contribution in [-0.2, 0) is 142 Å². The minimum atomic E-state index is -5.02. The topological polar surface area (TPSA) is 233 Å². The van der Waals surface area contributed by atoms with Gasteiger partial charge in [-0.2, -0.15) is 0 Å². The molecule has 13 rings (SSSR count). The second kappa shape index (κ2) is 37.0. The molecule has 0 bridgehead atoms. The van der Waals surface area contributed by atoms with Crippen LogP contribution in [0.15, 0.2) is 292 Å². The first-order chi connectivity index (χ1) is 51.1. The summed E-state index contributed by atoms with van der Waals surface area (Å²) in [6.45, 7) is -2.14. The van der Waals surface area contributed by atoms with Crippen LogP contribution in [0.1, 0.15) is 56.3 Å². The van der Waals surface area contributed by atoms with Crippen LogP contribution in [0.3, 0.4) is 0 Å². The summed E-state index contributed by atoms with van der Waals surface area (Å²) in [4.78, 5) is 13.6. The maximum absolute atomic E-state index is 16.5. The summed E-state index contributed by atoms with van der Waals surface area (Å²) in [5.41, 5.74) is 6.83. The molecule has 0 radical (unpaired) electrons. The van der Waals surface area contributed by atoms with Gasteiger partial charge in [0.05, 0.1) is 85.2 Å². The van der Waals surface area contributed by atoms with Crippen LogP contribution in [0.2, 0.25) is 0 Å². The molecule has 0 amide bonds. The van der Waals surface area contributed by atoms with E-state index >= 15 is 13.7 Å². The van der Waals surface area contributed by atoms with E-state index in [2.05, 4.69) is 15.0 Å². The maximum atomic E-state index is 16.5. The molecule has 104 heavy (non-hydrogen) atoms. The third kappa shape index (κ3) is 21.0. The van der Waals surface area contributed by atoms with E-state index in [1.165, 1.54) is 12.7 Å². The van der Waals surface area contributed by atoms with Crippen molar-refractivity contribution in [1.29, 1.82) is 0 Å². The fraction of sp³-hybridized carbons (Fsp3) is 0.253. The summed E-state index contributed by atoms with van der Waals surface area (Å²) < 4.78 is 153. The molecular formula is C79H79N4O18P3. The van der Waals surface area contributed by atoms with Gasteiger partial charge in [0.2, 0.25) is 0 Å². The zero-order valence-corrected chi connectivity index (χ0v) is 59.3. The van der Waals surface area contributed by atoms with E-state index < -0.39 is 78.7 Å².